The third kappa shape index (κ3) is 5.72. The van der Waals surface area contributed by atoms with Gasteiger partial charge in [0.05, 0.1) is 17.6 Å². The van der Waals surface area contributed by atoms with E-state index in [0.717, 1.165) is 16.6 Å². The van der Waals surface area contributed by atoms with Gasteiger partial charge in [-0.2, -0.15) is 0 Å². The molecule has 31 heavy (non-hydrogen) atoms. The van der Waals surface area contributed by atoms with E-state index < -0.39 is 0 Å². The van der Waals surface area contributed by atoms with Crippen molar-refractivity contribution >= 4 is 22.8 Å². The first-order valence-corrected chi connectivity index (χ1v) is 10.9. The topological polar surface area (TPSA) is 67.2 Å². The standard InChI is InChI=1S/C25H32N4O2/c1-18(2)29(19(3)4)25(31)17-28-22-13-9-8-12-21(22)27-23(28)16-26-24(30)15-14-20-10-6-5-7-11-20/h5-13,18-19H,14-17H2,1-4H3,(H,26,30). The molecule has 6 heteroatoms. The Morgan fingerprint density at radius 3 is 2.29 bits per heavy atom. The molecular formula is C25H32N4O2. The second-order valence-corrected chi connectivity index (χ2v) is 8.35. The minimum absolute atomic E-state index is 0.0280. The van der Waals surface area contributed by atoms with Gasteiger partial charge in [-0.15, -0.1) is 0 Å². The Morgan fingerprint density at radius 1 is 0.968 bits per heavy atom. The van der Waals surface area contributed by atoms with Crippen molar-refractivity contribution in [3.63, 3.8) is 0 Å². The van der Waals surface area contributed by atoms with Gasteiger partial charge >= 0.3 is 0 Å². The summed E-state index contributed by atoms with van der Waals surface area (Å²) in [6.45, 7) is 8.59. The van der Waals surface area contributed by atoms with E-state index in [1.165, 1.54) is 0 Å². The molecule has 2 aromatic carbocycles. The number of imidazole rings is 1. The molecule has 1 aromatic heterocycles. The van der Waals surface area contributed by atoms with Gasteiger partial charge in [0.2, 0.25) is 11.8 Å². The van der Waals surface area contributed by atoms with Crippen LogP contribution < -0.4 is 5.32 Å². The number of carbonyl (C=O) groups excluding carboxylic acids is 2. The van der Waals surface area contributed by atoms with Crippen LogP contribution >= 0.6 is 0 Å². The van der Waals surface area contributed by atoms with Crippen LogP contribution in [0.4, 0.5) is 0 Å². The highest BCUT2D eigenvalue weighted by molar-refractivity contribution is 5.82. The van der Waals surface area contributed by atoms with Crippen molar-refractivity contribution in [3.8, 4) is 0 Å². The molecule has 2 amide bonds. The highest BCUT2D eigenvalue weighted by atomic mass is 16.2. The fourth-order valence-corrected chi connectivity index (χ4v) is 3.99. The van der Waals surface area contributed by atoms with Crippen LogP contribution in [-0.2, 0) is 29.1 Å². The molecular weight excluding hydrogens is 388 g/mol. The van der Waals surface area contributed by atoms with Gasteiger partial charge in [-0.25, -0.2) is 4.98 Å². The monoisotopic (exact) mass is 420 g/mol. The maximum absolute atomic E-state index is 13.1. The summed E-state index contributed by atoms with van der Waals surface area (Å²) in [6, 6.07) is 18.0. The molecule has 0 saturated heterocycles. The molecule has 0 fully saturated rings. The molecule has 0 aliphatic rings. The van der Waals surface area contributed by atoms with Crippen molar-refractivity contribution in [1.82, 2.24) is 19.8 Å². The van der Waals surface area contributed by atoms with Crippen LogP contribution in [0, 0.1) is 0 Å². The number of nitrogens with one attached hydrogen (secondary N) is 1. The summed E-state index contributed by atoms with van der Waals surface area (Å²) in [4.78, 5) is 32.0. The number of hydrogen-bond acceptors (Lipinski definition) is 3. The zero-order valence-corrected chi connectivity index (χ0v) is 18.8. The Morgan fingerprint density at radius 2 is 1.61 bits per heavy atom. The van der Waals surface area contributed by atoms with Gasteiger partial charge < -0.3 is 14.8 Å². The van der Waals surface area contributed by atoms with Crippen molar-refractivity contribution in [2.24, 2.45) is 0 Å². The second-order valence-electron chi connectivity index (χ2n) is 8.35. The number of carbonyl (C=O) groups is 2. The molecule has 0 bridgehead atoms. The maximum atomic E-state index is 13.1. The Labute approximate surface area is 184 Å². The molecule has 0 atom stereocenters. The van der Waals surface area contributed by atoms with Crippen LogP contribution in [-0.4, -0.2) is 38.3 Å². The Balaban J connectivity index is 1.73. The SMILES string of the molecule is CC(C)N(C(=O)Cn1c(CNC(=O)CCc2ccccc2)nc2ccccc21)C(C)C. The second kappa shape index (κ2) is 10.2. The highest BCUT2D eigenvalue weighted by Gasteiger charge is 2.22. The van der Waals surface area contributed by atoms with Crippen LogP contribution in [0.2, 0.25) is 0 Å². The van der Waals surface area contributed by atoms with E-state index in [1.54, 1.807) is 0 Å². The van der Waals surface area contributed by atoms with Gasteiger partial charge in [0.15, 0.2) is 0 Å². The van der Waals surface area contributed by atoms with E-state index in [9.17, 15) is 9.59 Å². The molecule has 0 saturated carbocycles. The van der Waals surface area contributed by atoms with Crippen LogP contribution in [0.3, 0.4) is 0 Å². The van der Waals surface area contributed by atoms with Gasteiger partial charge in [0.25, 0.3) is 0 Å². The molecule has 0 spiro atoms. The van der Waals surface area contributed by atoms with Gasteiger partial charge in [0.1, 0.15) is 12.4 Å². The Bertz CT molecular complexity index is 1020. The summed E-state index contributed by atoms with van der Waals surface area (Å²) in [5.74, 6) is 0.708. The van der Waals surface area contributed by atoms with Crippen LogP contribution in [0.25, 0.3) is 11.0 Å². The van der Waals surface area contributed by atoms with Gasteiger partial charge in [-0.3, -0.25) is 9.59 Å². The lowest BCUT2D eigenvalue weighted by molar-refractivity contribution is -0.135. The quantitative estimate of drug-likeness (QED) is 0.570. The summed E-state index contributed by atoms with van der Waals surface area (Å²) in [5.41, 5.74) is 2.86. The number of rotatable bonds is 9. The van der Waals surface area contributed by atoms with Crippen molar-refractivity contribution in [3.05, 3.63) is 66.0 Å². The fourth-order valence-electron chi connectivity index (χ4n) is 3.99. The number of amides is 2. The number of nitrogens with zero attached hydrogens (tertiary/aromatic N) is 3. The molecule has 0 radical (unpaired) electrons. The lowest BCUT2D eigenvalue weighted by Crippen LogP contribution is -2.44. The maximum Gasteiger partial charge on any atom is 0.243 e. The van der Waals surface area contributed by atoms with E-state index >= 15 is 0 Å². The summed E-state index contributed by atoms with van der Waals surface area (Å²) < 4.78 is 1.92. The summed E-state index contributed by atoms with van der Waals surface area (Å²) in [7, 11) is 0. The van der Waals surface area contributed by atoms with E-state index in [4.69, 9.17) is 0 Å². The average molecular weight is 421 g/mol. The van der Waals surface area contributed by atoms with Crippen LogP contribution in [0.15, 0.2) is 54.6 Å². The smallest absolute Gasteiger partial charge is 0.243 e. The van der Waals surface area contributed by atoms with Crippen molar-refractivity contribution in [2.45, 2.75) is 65.7 Å². The minimum atomic E-state index is -0.0280. The van der Waals surface area contributed by atoms with Gasteiger partial charge in [-0.1, -0.05) is 42.5 Å². The van der Waals surface area contributed by atoms with E-state index in [2.05, 4.69) is 10.3 Å². The third-order valence-electron chi connectivity index (χ3n) is 5.35. The van der Waals surface area contributed by atoms with Crippen molar-refractivity contribution in [2.75, 3.05) is 0 Å². The summed E-state index contributed by atoms with van der Waals surface area (Å²) in [6.07, 6.45) is 1.11. The summed E-state index contributed by atoms with van der Waals surface area (Å²) in [5, 5.41) is 2.97. The largest absolute Gasteiger partial charge is 0.349 e. The number of para-hydroxylation sites is 2. The van der Waals surface area contributed by atoms with Gasteiger partial charge in [-0.05, 0) is 51.8 Å². The van der Waals surface area contributed by atoms with Gasteiger partial charge in [0, 0.05) is 18.5 Å². The Kier molecular flexibility index (Phi) is 7.45. The molecule has 6 nitrogen and oxygen atoms in total. The lowest BCUT2D eigenvalue weighted by atomic mass is 10.1. The molecule has 3 rings (SSSR count). The number of fused-ring (bicyclic) bond motifs is 1. The van der Waals surface area contributed by atoms with E-state index in [0.29, 0.717) is 25.2 Å². The first kappa shape index (κ1) is 22.5. The summed E-state index contributed by atoms with van der Waals surface area (Å²) >= 11 is 0. The lowest BCUT2D eigenvalue weighted by Gasteiger charge is -2.31. The number of hydrogen-bond donors (Lipinski definition) is 1. The van der Waals surface area contributed by atoms with E-state index in [-0.39, 0.29) is 30.4 Å². The molecule has 1 heterocycles. The van der Waals surface area contributed by atoms with E-state index in [1.807, 2.05) is 91.8 Å². The minimum Gasteiger partial charge on any atom is -0.349 e. The molecule has 0 aliphatic carbocycles. The molecule has 3 aromatic rings. The number of aromatic nitrogens is 2. The predicted octanol–water partition coefficient (Wildman–Crippen LogP) is 3.93. The third-order valence-corrected chi connectivity index (χ3v) is 5.35. The average Bonchev–Trinajstić information content (AvgIpc) is 3.08. The predicted molar refractivity (Wildman–Crippen MR) is 123 cm³/mol. The first-order valence-electron chi connectivity index (χ1n) is 10.9. The zero-order chi connectivity index (χ0) is 22.4. The highest BCUT2D eigenvalue weighted by Crippen LogP contribution is 2.18. The number of benzene rings is 2. The molecule has 0 unspecified atom stereocenters. The molecule has 164 valence electrons. The first-order chi connectivity index (χ1) is 14.9. The zero-order valence-electron chi connectivity index (χ0n) is 18.8. The molecule has 0 aliphatic heterocycles. The van der Waals surface area contributed by atoms with Crippen molar-refractivity contribution in [1.29, 1.82) is 0 Å². The number of aryl methyl sites for hydroxylation is 1. The molecule has 1 N–H and O–H groups in total. The van der Waals surface area contributed by atoms with Crippen LogP contribution in [0.1, 0.15) is 45.5 Å². The fraction of sp³-hybridized carbons (Fsp3) is 0.400. The Hall–Kier alpha value is -3.15. The van der Waals surface area contributed by atoms with Crippen LogP contribution in [0.5, 0.6) is 0 Å². The normalized spacial score (nSPS) is 11.3. The van der Waals surface area contributed by atoms with Crippen molar-refractivity contribution < 1.29 is 9.59 Å².